The minimum absolute atomic E-state index is 0.0868. The van der Waals surface area contributed by atoms with E-state index in [0.717, 1.165) is 46.0 Å². The fraction of sp³-hybridized carbons (Fsp3) is 0.250. The molecule has 1 amide bonds. The smallest absolute Gasteiger partial charge is 0.234 e. The van der Waals surface area contributed by atoms with Gasteiger partial charge >= 0.3 is 0 Å². The number of aryl methyl sites for hydroxylation is 2. The number of benzene rings is 3. The quantitative estimate of drug-likeness (QED) is 0.270. The minimum atomic E-state index is -0.0868. The van der Waals surface area contributed by atoms with Crippen molar-refractivity contribution in [3.63, 3.8) is 0 Å². The Balaban J connectivity index is 1.61. The highest BCUT2D eigenvalue weighted by Gasteiger charge is 2.18. The molecular formula is C28H30N4O3S. The van der Waals surface area contributed by atoms with Crippen LogP contribution in [0, 0.1) is 6.92 Å². The molecule has 0 unspecified atom stereocenters. The number of carbonyl (C=O) groups excluding carboxylic acids is 1. The average Bonchev–Trinajstić information content (AvgIpc) is 3.33. The van der Waals surface area contributed by atoms with Crippen LogP contribution < -0.4 is 14.8 Å². The van der Waals surface area contributed by atoms with Crippen LogP contribution in [0.2, 0.25) is 0 Å². The predicted octanol–water partition coefficient (Wildman–Crippen LogP) is 5.94. The molecule has 0 atom stereocenters. The number of aromatic nitrogens is 3. The Hall–Kier alpha value is -3.78. The summed E-state index contributed by atoms with van der Waals surface area (Å²) in [5, 5.41) is 12.6. The molecule has 0 bridgehead atoms. The molecule has 0 fully saturated rings. The van der Waals surface area contributed by atoms with Crippen molar-refractivity contribution in [2.45, 2.75) is 32.3 Å². The van der Waals surface area contributed by atoms with Gasteiger partial charge in [-0.25, -0.2) is 0 Å². The van der Waals surface area contributed by atoms with Gasteiger partial charge in [0.25, 0.3) is 0 Å². The predicted molar refractivity (Wildman–Crippen MR) is 144 cm³/mol. The summed E-state index contributed by atoms with van der Waals surface area (Å²) in [6, 6.07) is 21.5. The zero-order valence-electron chi connectivity index (χ0n) is 20.9. The van der Waals surface area contributed by atoms with Crippen LogP contribution in [-0.2, 0) is 11.2 Å². The maximum Gasteiger partial charge on any atom is 0.234 e. The van der Waals surface area contributed by atoms with E-state index in [2.05, 4.69) is 22.4 Å². The molecule has 0 spiro atoms. The molecule has 8 heteroatoms. The second-order valence-electron chi connectivity index (χ2n) is 8.10. The van der Waals surface area contributed by atoms with Crippen LogP contribution in [-0.4, -0.2) is 40.1 Å². The van der Waals surface area contributed by atoms with Gasteiger partial charge in [0.1, 0.15) is 11.5 Å². The van der Waals surface area contributed by atoms with Gasteiger partial charge in [-0.3, -0.25) is 9.36 Å². The molecule has 0 aliphatic carbocycles. The Labute approximate surface area is 215 Å². The largest absolute Gasteiger partial charge is 0.497 e. The van der Waals surface area contributed by atoms with Crippen molar-refractivity contribution in [3.8, 4) is 28.6 Å². The lowest BCUT2D eigenvalue weighted by Crippen LogP contribution is -2.16. The van der Waals surface area contributed by atoms with Gasteiger partial charge in [0.2, 0.25) is 5.91 Å². The third-order valence-electron chi connectivity index (χ3n) is 5.72. The number of hydrogen-bond acceptors (Lipinski definition) is 6. The maximum atomic E-state index is 12.9. The third-order valence-corrected chi connectivity index (χ3v) is 6.65. The van der Waals surface area contributed by atoms with Crippen molar-refractivity contribution in [2.75, 3.05) is 24.8 Å². The Morgan fingerprint density at radius 2 is 1.69 bits per heavy atom. The first-order valence-electron chi connectivity index (χ1n) is 11.9. The second-order valence-corrected chi connectivity index (χ2v) is 9.04. The molecule has 186 valence electrons. The highest BCUT2D eigenvalue weighted by Crippen LogP contribution is 2.30. The van der Waals surface area contributed by atoms with Gasteiger partial charge < -0.3 is 14.8 Å². The number of carbonyl (C=O) groups is 1. The van der Waals surface area contributed by atoms with Crippen molar-refractivity contribution in [1.29, 1.82) is 0 Å². The van der Waals surface area contributed by atoms with Gasteiger partial charge in [-0.2, -0.15) is 0 Å². The van der Waals surface area contributed by atoms with Crippen molar-refractivity contribution in [1.82, 2.24) is 14.8 Å². The zero-order valence-corrected chi connectivity index (χ0v) is 21.8. The number of thioether (sulfide) groups is 1. The number of amides is 1. The van der Waals surface area contributed by atoms with Crippen LogP contribution >= 0.6 is 11.8 Å². The first kappa shape index (κ1) is 25.3. The summed E-state index contributed by atoms with van der Waals surface area (Å²) in [6.45, 7) is 6.64. The normalized spacial score (nSPS) is 10.8. The fourth-order valence-corrected chi connectivity index (χ4v) is 4.64. The molecular weight excluding hydrogens is 472 g/mol. The molecule has 0 aliphatic heterocycles. The van der Waals surface area contributed by atoms with Crippen molar-refractivity contribution in [3.05, 3.63) is 77.9 Å². The highest BCUT2D eigenvalue weighted by atomic mass is 32.2. The number of rotatable bonds is 10. The van der Waals surface area contributed by atoms with Gasteiger partial charge in [0.05, 0.1) is 19.5 Å². The second kappa shape index (κ2) is 11.8. The molecule has 0 saturated heterocycles. The minimum Gasteiger partial charge on any atom is -0.497 e. The van der Waals surface area contributed by atoms with Crippen LogP contribution in [0.1, 0.15) is 25.0 Å². The summed E-state index contributed by atoms with van der Waals surface area (Å²) in [5.74, 6) is 2.35. The molecule has 1 N–H and O–H groups in total. The molecule has 4 rings (SSSR count). The monoisotopic (exact) mass is 502 g/mol. The summed E-state index contributed by atoms with van der Waals surface area (Å²) in [5.41, 5.74) is 4.82. The Morgan fingerprint density at radius 1 is 0.972 bits per heavy atom. The first-order chi connectivity index (χ1) is 17.5. The van der Waals surface area contributed by atoms with Crippen LogP contribution in [0.4, 0.5) is 5.69 Å². The van der Waals surface area contributed by atoms with Crippen LogP contribution in [0.3, 0.4) is 0 Å². The maximum absolute atomic E-state index is 12.9. The Morgan fingerprint density at radius 3 is 2.36 bits per heavy atom. The van der Waals surface area contributed by atoms with Gasteiger partial charge in [0, 0.05) is 16.9 Å². The lowest BCUT2D eigenvalue weighted by molar-refractivity contribution is -0.113. The molecule has 4 aromatic rings. The van der Waals surface area contributed by atoms with E-state index in [1.807, 2.05) is 85.1 Å². The van der Waals surface area contributed by atoms with Crippen molar-refractivity contribution >= 4 is 23.4 Å². The number of ether oxygens (including phenoxy) is 2. The van der Waals surface area contributed by atoms with E-state index >= 15 is 0 Å². The van der Waals surface area contributed by atoms with Crippen molar-refractivity contribution < 1.29 is 14.3 Å². The van der Waals surface area contributed by atoms with E-state index in [1.54, 1.807) is 7.11 Å². The Bertz CT molecular complexity index is 1320. The lowest BCUT2D eigenvalue weighted by Gasteiger charge is -2.14. The average molecular weight is 503 g/mol. The summed E-state index contributed by atoms with van der Waals surface area (Å²) < 4.78 is 12.9. The number of anilines is 1. The first-order valence-corrected chi connectivity index (χ1v) is 12.9. The fourth-order valence-electron chi connectivity index (χ4n) is 3.89. The van der Waals surface area contributed by atoms with Gasteiger partial charge in [-0.15, -0.1) is 10.2 Å². The molecule has 1 heterocycles. The summed E-state index contributed by atoms with van der Waals surface area (Å²) in [7, 11) is 1.64. The van der Waals surface area contributed by atoms with E-state index in [-0.39, 0.29) is 11.7 Å². The van der Waals surface area contributed by atoms with E-state index in [4.69, 9.17) is 9.47 Å². The van der Waals surface area contributed by atoms with Gasteiger partial charge in [-0.05, 0) is 79.9 Å². The number of para-hydroxylation sites is 1. The van der Waals surface area contributed by atoms with E-state index < -0.39 is 0 Å². The van der Waals surface area contributed by atoms with Gasteiger partial charge in [0.15, 0.2) is 11.0 Å². The summed E-state index contributed by atoms with van der Waals surface area (Å²) in [4.78, 5) is 12.9. The zero-order chi connectivity index (χ0) is 25.5. The molecule has 0 saturated carbocycles. The molecule has 0 aliphatic rings. The SMILES string of the molecule is CCOc1ccc(-n2c(SCC(=O)Nc3c(C)cccc3CC)nnc2-c2ccc(OC)cc2)cc1. The van der Waals surface area contributed by atoms with Crippen molar-refractivity contribution in [2.24, 2.45) is 0 Å². The molecule has 0 radical (unpaired) electrons. The van der Waals surface area contributed by atoms with Gasteiger partial charge in [-0.1, -0.05) is 36.9 Å². The van der Waals surface area contributed by atoms with Crippen LogP contribution in [0.25, 0.3) is 17.1 Å². The number of nitrogens with zero attached hydrogens (tertiary/aromatic N) is 3. The number of hydrogen-bond donors (Lipinski definition) is 1. The standard InChI is InChI=1S/C28H30N4O3S/c1-5-20-9-7-8-19(3)26(20)29-25(33)18-36-28-31-30-27(21-10-14-23(34-4)15-11-21)32(28)22-12-16-24(17-13-22)35-6-2/h7-17H,5-6,18H2,1-4H3,(H,29,33). The van der Waals surface area contributed by atoms with E-state index in [1.165, 1.54) is 11.8 Å². The molecule has 1 aromatic heterocycles. The molecule has 36 heavy (non-hydrogen) atoms. The summed E-state index contributed by atoms with van der Waals surface area (Å²) >= 11 is 1.35. The number of methoxy groups -OCH3 is 1. The third kappa shape index (κ3) is 5.71. The summed E-state index contributed by atoms with van der Waals surface area (Å²) in [6.07, 6.45) is 0.849. The topological polar surface area (TPSA) is 78.3 Å². The Kier molecular flexibility index (Phi) is 8.28. The van der Waals surface area contributed by atoms with E-state index in [0.29, 0.717) is 17.6 Å². The van der Waals surface area contributed by atoms with Crippen LogP contribution in [0.5, 0.6) is 11.5 Å². The van der Waals surface area contributed by atoms with Crippen LogP contribution in [0.15, 0.2) is 71.9 Å². The highest BCUT2D eigenvalue weighted by molar-refractivity contribution is 7.99. The molecule has 7 nitrogen and oxygen atoms in total. The lowest BCUT2D eigenvalue weighted by atomic mass is 10.1. The van der Waals surface area contributed by atoms with E-state index in [9.17, 15) is 4.79 Å². The molecule has 3 aromatic carbocycles. The number of nitrogens with one attached hydrogen (secondary N) is 1.